The molecule has 0 aromatic heterocycles. The Hall–Kier alpha value is -2.85. The summed E-state index contributed by atoms with van der Waals surface area (Å²) in [5, 5.41) is 5.26. The molecule has 1 N–H and O–H groups in total. The first-order chi connectivity index (χ1) is 13.8. The predicted molar refractivity (Wildman–Crippen MR) is 113 cm³/mol. The molecule has 4 heteroatoms. The number of carbonyl (C=O) groups excluding carboxylic acids is 1. The molecule has 1 aliphatic heterocycles. The number of rotatable bonds is 6. The molecule has 3 aromatic carbocycles. The summed E-state index contributed by atoms with van der Waals surface area (Å²) in [6.07, 6.45) is 2.42. The molecule has 0 aliphatic carbocycles. The first kappa shape index (κ1) is 18.5. The van der Waals surface area contributed by atoms with Crippen molar-refractivity contribution in [3.63, 3.8) is 0 Å². The van der Waals surface area contributed by atoms with Gasteiger partial charge in [-0.25, -0.2) is 0 Å². The Morgan fingerprint density at radius 3 is 2.46 bits per heavy atom. The predicted octanol–water partition coefficient (Wildman–Crippen LogP) is 4.42. The maximum absolute atomic E-state index is 13.0. The van der Waals surface area contributed by atoms with Crippen LogP contribution in [0.3, 0.4) is 0 Å². The van der Waals surface area contributed by atoms with Crippen LogP contribution in [0.5, 0.6) is 5.75 Å². The van der Waals surface area contributed by atoms with Crippen LogP contribution in [0.2, 0.25) is 0 Å². The van der Waals surface area contributed by atoms with E-state index in [-0.39, 0.29) is 11.9 Å². The highest BCUT2D eigenvalue weighted by Gasteiger charge is 2.24. The van der Waals surface area contributed by atoms with Gasteiger partial charge in [-0.15, -0.1) is 0 Å². The maximum Gasteiger partial charge on any atom is 0.251 e. The molecule has 0 bridgehead atoms. The van der Waals surface area contributed by atoms with Gasteiger partial charge in [-0.1, -0.05) is 48.5 Å². The Kier molecular flexibility index (Phi) is 5.58. The van der Waals surface area contributed by atoms with E-state index in [0.29, 0.717) is 6.54 Å². The summed E-state index contributed by atoms with van der Waals surface area (Å²) in [6.45, 7) is 2.73. The van der Waals surface area contributed by atoms with Crippen LogP contribution < -0.4 is 10.1 Å². The molecule has 1 amide bonds. The van der Waals surface area contributed by atoms with Gasteiger partial charge in [0.25, 0.3) is 5.91 Å². The molecule has 3 aromatic rings. The molecule has 0 unspecified atom stereocenters. The van der Waals surface area contributed by atoms with Crippen LogP contribution in [0.4, 0.5) is 0 Å². The monoisotopic (exact) mass is 374 g/mol. The van der Waals surface area contributed by atoms with Gasteiger partial charge in [0.15, 0.2) is 0 Å². The van der Waals surface area contributed by atoms with Gasteiger partial charge < -0.3 is 10.1 Å². The Balaban J connectivity index is 1.54. The lowest BCUT2D eigenvalue weighted by Crippen LogP contribution is -2.36. The fourth-order valence-corrected chi connectivity index (χ4v) is 4.05. The summed E-state index contributed by atoms with van der Waals surface area (Å²) < 4.78 is 5.29. The van der Waals surface area contributed by atoms with E-state index in [9.17, 15) is 4.79 Å². The smallest absolute Gasteiger partial charge is 0.251 e. The van der Waals surface area contributed by atoms with Crippen molar-refractivity contribution in [2.24, 2.45) is 0 Å². The van der Waals surface area contributed by atoms with Gasteiger partial charge in [-0.2, -0.15) is 0 Å². The molecule has 1 aliphatic rings. The maximum atomic E-state index is 13.0. The van der Waals surface area contributed by atoms with Crippen LogP contribution in [0.1, 0.15) is 34.8 Å². The summed E-state index contributed by atoms with van der Waals surface area (Å²) in [5.74, 6) is 0.832. The number of nitrogens with zero attached hydrogens (tertiary/aromatic N) is 1. The molecule has 4 nitrogen and oxygen atoms in total. The third-order valence-electron chi connectivity index (χ3n) is 5.57. The average molecular weight is 374 g/mol. The zero-order chi connectivity index (χ0) is 19.3. The largest absolute Gasteiger partial charge is 0.497 e. The Bertz CT molecular complexity index is 941. The molecule has 1 fully saturated rings. The molecule has 0 radical (unpaired) electrons. The van der Waals surface area contributed by atoms with E-state index in [0.717, 1.165) is 35.2 Å². The van der Waals surface area contributed by atoms with Crippen molar-refractivity contribution in [2.75, 3.05) is 26.7 Å². The number of carbonyl (C=O) groups is 1. The van der Waals surface area contributed by atoms with Crippen LogP contribution in [-0.4, -0.2) is 37.6 Å². The summed E-state index contributed by atoms with van der Waals surface area (Å²) in [7, 11) is 1.68. The summed E-state index contributed by atoms with van der Waals surface area (Å²) in [5.41, 5.74) is 1.94. The second kappa shape index (κ2) is 8.44. The van der Waals surface area contributed by atoms with Gasteiger partial charge in [0.2, 0.25) is 0 Å². The molecule has 1 saturated heterocycles. The third kappa shape index (κ3) is 3.87. The molecule has 144 valence electrons. The van der Waals surface area contributed by atoms with Crippen molar-refractivity contribution in [1.29, 1.82) is 0 Å². The first-order valence-corrected chi connectivity index (χ1v) is 9.90. The quantitative estimate of drug-likeness (QED) is 0.695. The topological polar surface area (TPSA) is 41.6 Å². The molecular formula is C24H26N2O2. The lowest BCUT2D eigenvalue weighted by Gasteiger charge is -2.28. The van der Waals surface area contributed by atoms with E-state index in [4.69, 9.17) is 4.74 Å². The number of likely N-dealkylation sites (tertiary alicyclic amines) is 1. The van der Waals surface area contributed by atoms with Crippen molar-refractivity contribution < 1.29 is 9.53 Å². The van der Waals surface area contributed by atoms with Crippen molar-refractivity contribution >= 4 is 16.7 Å². The number of benzene rings is 3. The van der Waals surface area contributed by atoms with Crippen molar-refractivity contribution in [1.82, 2.24) is 10.2 Å². The van der Waals surface area contributed by atoms with Crippen molar-refractivity contribution in [3.05, 3.63) is 77.9 Å². The molecule has 0 spiro atoms. The highest BCUT2D eigenvalue weighted by Crippen LogP contribution is 2.26. The fraction of sp³-hybridized carbons (Fsp3) is 0.292. The summed E-state index contributed by atoms with van der Waals surface area (Å²) >= 11 is 0. The number of nitrogens with one attached hydrogen (secondary N) is 1. The van der Waals surface area contributed by atoms with Gasteiger partial charge in [0.05, 0.1) is 13.2 Å². The van der Waals surface area contributed by atoms with Crippen LogP contribution >= 0.6 is 0 Å². The fourth-order valence-electron chi connectivity index (χ4n) is 4.05. The van der Waals surface area contributed by atoms with E-state index >= 15 is 0 Å². The number of hydrogen-bond acceptors (Lipinski definition) is 3. The number of hydrogen-bond donors (Lipinski definition) is 1. The van der Waals surface area contributed by atoms with E-state index in [1.54, 1.807) is 7.11 Å². The summed E-state index contributed by atoms with van der Waals surface area (Å²) in [6, 6.07) is 22.3. The zero-order valence-electron chi connectivity index (χ0n) is 16.2. The highest BCUT2D eigenvalue weighted by atomic mass is 16.5. The van der Waals surface area contributed by atoms with E-state index in [2.05, 4.69) is 22.3 Å². The highest BCUT2D eigenvalue weighted by molar-refractivity contribution is 6.07. The molecule has 28 heavy (non-hydrogen) atoms. The molecule has 0 saturated carbocycles. The second-order valence-corrected chi connectivity index (χ2v) is 7.27. The van der Waals surface area contributed by atoms with E-state index in [1.807, 2.05) is 54.6 Å². The SMILES string of the molecule is COc1ccc([C@H](CNC(=O)c2cccc3ccccc23)N2CCCC2)cc1. The summed E-state index contributed by atoms with van der Waals surface area (Å²) in [4.78, 5) is 15.4. The minimum absolute atomic E-state index is 0.0190. The van der Waals surface area contributed by atoms with Gasteiger partial charge >= 0.3 is 0 Å². The molecule has 1 atom stereocenters. The molecule has 4 rings (SSSR count). The van der Waals surface area contributed by atoms with Gasteiger partial charge in [-0.3, -0.25) is 9.69 Å². The minimum Gasteiger partial charge on any atom is -0.497 e. The second-order valence-electron chi connectivity index (χ2n) is 7.27. The van der Waals surface area contributed by atoms with Crippen LogP contribution in [-0.2, 0) is 0 Å². The standard InChI is InChI=1S/C24H26N2O2/c1-28-20-13-11-19(12-14-20)23(26-15-4-5-16-26)17-25-24(27)22-10-6-8-18-7-2-3-9-21(18)22/h2-3,6-14,23H,4-5,15-17H2,1H3,(H,25,27)/t23-/m0/s1. The van der Waals surface area contributed by atoms with Crippen molar-refractivity contribution in [3.8, 4) is 5.75 Å². The van der Waals surface area contributed by atoms with Crippen LogP contribution in [0.15, 0.2) is 66.7 Å². The normalized spacial score (nSPS) is 15.5. The zero-order valence-corrected chi connectivity index (χ0v) is 16.2. The average Bonchev–Trinajstić information content (AvgIpc) is 3.28. The van der Waals surface area contributed by atoms with Crippen LogP contribution in [0, 0.1) is 0 Å². The Labute approximate surface area is 166 Å². The van der Waals surface area contributed by atoms with E-state index in [1.165, 1.54) is 18.4 Å². The van der Waals surface area contributed by atoms with Gasteiger partial charge in [0, 0.05) is 12.1 Å². The lowest BCUT2D eigenvalue weighted by molar-refractivity contribution is 0.0939. The lowest BCUT2D eigenvalue weighted by atomic mass is 10.0. The number of ether oxygens (including phenoxy) is 1. The van der Waals surface area contributed by atoms with Gasteiger partial charge in [0.1, 0.15) is 5.75 Å². The number of amides is 1. The Morgan fingerprint density at radius 1 is 1.00 bits per heavy atom. The molecular weight excluding hydrogens is 348 g/mol. The van der Waals surface area contributed by atoms with Gasteiger partial charge in [-0.05, 0) is 60.5 Å². The van der Waals surface area contributed by atoms with Crippen LogP contribution in [0.25, 0.3) is 10.8 Å². The van der Waals surface area contributed by atoms with Crippen molar-refractivity contribution in [2.45, 2.75) is 18.9 Å². The number of fused-ring (bicyclic) bond motifs is 1. The number of methoxy groups -OCH3 is 1. The third-order valence-corrected chi connectivity index (χ3v) is 5.57. The first-order valence-electron chi connectivity index (χ1n) is 9.90. The molecule has 1 heterocycles. The van der Waals surface area contributed by atoms with E-state index < -0.39 is 0 Å². The Morgan fingerprint density at radius 2 is 1.71 bits per heavy atom. The minimum atomic E-state index is -0.0190.